The Morgan fingerprint density at radius 3 is 1.58 bits per heavy atom. The van der Waals surface area contributed by atoms with E-state index in [9.17, 15) is 10.1 Å². The van der Waals surface area contributed by atoms with Gasteiger partial charge in [0.25, 0.3) is 0 Å². The third kappa shape index (κ3) is 9.81. The van der Waals surface area contributed by atoms with Crippen molar-refractivity contribution in [1.82, 2.24) is 15.1 Å². The zero-order chi connectivity index (χ0) is 26.9. The topological polar surface area (TPSA) is 113 Å². The van der Waals surface area contributed by atoms with E-state index < -0.39 is 0 Å². The highest BCUT2D eigenvalue weighted by Crippen LogP contribution is 2.35. The van der Waals surface area contributed by atoms with E-state index in [1.807, 2.05) is 0 Å². The van der Waals surface area contributed by atoms with Crippen LogP contribution in [0.25, 0.3) is 0 Å². The molecule has 9 nitrogen and oxygen atoms in total. The summed E-state index contributed by atoms with van der Waals surface area (Å²) < 4.78 is 15.7. The minimum absolute atomic E-state index is 0.135. The first-order valence-corrected chi connectivity index (χ1v) is 15.2. The molecule has 0 spiro atoms. The second kappa shape index (κ2) is 17.5. The fourth-order valence-corrected chi connectivity index (χ4v) is 6.46. The number of nitrogens with two attached hydrogens (primary N) is 1. The lowest BCUT2D eigenvalue weighted by atomic mass is 9.95. The Kier molecular flexibility index (Phi) is 14.5. The fraction of sp³-hybridized carbons (Fsp3) is 0.931. The van der Waals surface area contributed by atoms with Crippen LogP contribution in [0.3, 0.4) is 0 Å². The van der Waals surface area contributed by atoms with Gasteiger partial charge in [0.1, 0.15) is 11.3 Å². The van der Waals surface area contributed by atoms with Crippen LogP contribution in [0.1, 0.15) is 77.0 Å². The van der Waals surface area contributed by atoms with E-state index in [4.69, 9.17) is 19.9 Å². The smallest absolute Gasteiger partial charge is 0.132 e. The predicted molar refractivity (Wildman–Crippen MR) is 149 cm³/mol. The molecule has 0 aromatic carbocycles. The number of nitriles is 1. The quantitative estimate of drug-likeness (QED) is 0.563. The van der Waals surface area contributed by atoms with Crippen LogP contribution in [0.15, 0.2) is 0 Å². The fourth-order valence-electron chi connectivity index (χ4n) is 6.46. The van der Waals surface area contributed by atoms with E-state index in [-0.39, 0.29) is 5.54 Å². The molecule has 0 atom stereocenters. The van der Waals surface area contributed by atoms with Crippen molar-refractivity contribution < 1.29 is 19.0 Å². The maximum atomic E-state index is 10.2. The molecule has 0 bridgehead atoms. The average molecular weight is 536 g/mol. The number of nitrogens with zero attached hydrogens (tertiary/aromatic N) is 3. The minimum atomic E-state index is -0.135. The van der Waals surface area contributed by atoms with Crippen LogP contribution in [0.5, 0.6) is 0 Å². The van der Waals surface area contributed by atoms with Crippen molar-refractivity contribution in [3.63, 3.8) is 0 Å². The molecule has 3 saturated heterocycles. The molecule has 9 heteroatoms. The van der Waals surface area contributed by atoms with Crippen molar-refractivity contribution in [2.24, 2.45) is 5.73 Å². The van der Waals surface area contributed by atoms with E-state index >= 15 is 0 Å². The molecule has 0 aromatic rings. The number of nitrogens with one attached hydrogen (secondary N) is 1. The number of ketones is 1. The van der Waals surface area contributed by atoms with Crippen LogP contribution in [-0.4, -0.2) is 112 Å². The number of hydrogen-bond acceptors (Lipinski definition) is 9. The molecular formula is C29H53N5O4. The summed E-state index contributed by atoms with van der Waals surface area (Å²) >= 11 is 0. The first-order valence-electron chi connectivity index (χ1n) is 15.2. The Hall–Kier alpha value is -1.12. The molecule has 0 radical (unpaired) electrons. The molecule has 6 fully saturated rings. The van der Waals surface area contributed by atoms with Crippen LogP contribution in [0.4, 0.5) is 0 Å². The number of morpholine rings is 3. The number of ether oxygens (including phenoxy) is 3. The van der Waals surface area contributed by atoms with E-state index in [0.29, 0.717) is 11.3 Å². The summed E-state index contributed by atoms with van der Waals surface area (Å²) in [6, 6.07) is 2.52. The van der Waals surface area contributed by atoms with Crippen molar-refractivity contribution in [1.29, 1.82) is 5.26 Å². The minimum Gasteiger partial charge on any atom is -0.379 e. The van der Waals surface area contributed by atoms with Gasteiger partial charge in [-0.25, -0.2) is 0 Å². The van der Waals surface area contributed by atoms with Crippen molar-refractivity contribution in [2.45, 2.75) is 88.1 Å². The molecule has 3 heterocycles. The zero-order valence-electron chi connectivity index (χ0n) is 23.7. The third-order valence-corrected chi connectivity index (χ3v) is 8.86. The number of rotatable bonds is 3. The Labute approximate surface area is 230 Å². The second-order valence-electron chi connectivity index (χ2n) is 11.3. The molecule has 3 N–H and O–H groups in total. The molecule has 6 rings (SSSR count). The van der Waals surface area contributed by atoms with Crippen LogP contribution < -0.4 is 11.1 Å². The Morgan fingerprint density at radius 2 is 1.21 bits per heavy atom. The van der Waals surface area contributed by atoms with Crippen molar-refractivity contribution in [3.05, 3.63) is 0 Å². The first-order chi connectivity index (χ1) is 18.6. The molecule has 0 aromatic heterocycles. The molecule has 218 valence electrons. The van der Waals surface area contributed by atoms with Gasteiger partial charge in [0, 0.05) is 64.2 Å². The molecule has 6 aliphatic rings. The van der Waals surface area contributed by atoms with Gasteiger partial charge in [-0.3, -0.25) is 14.6 Å². The number of carbonyl (C=O) groups excluding carboxylic acids is 1. The molecule has 3 aliphatic heterocycles. The lowest BCUT2D eigenvalue weighted by Crippen LogP contribution is -2.55. The van der Waals surface area contributed by atoms with Crippen LogP contribution >= 0.6 is 0 Å². The standard InChI is InChI=1S/C10H20N2O.C10H16N2O.C5H8O.C4H9NO/c2*11-9-10(3-1-2-4-10)12-5-7-13-8-6-12;6-5-3-1-2-4-5;1-3-6-4-2-5-1/h1-9,11H2;1-8H2;1-4H2;5H,1-4H2. The monoisotopic (exact) mass is 535 g/mol. The molecule has 0 amide bonds. The predicted octanol–water partition coefficient (Wildman–Crippen LogP) is 2.48. The molecule has 38 heavy (non-hydrogen) atoms. The SMILES string of the molecule is C1COCCN1.N#CC1(N2CCOCC2)CCCC1.NCC1(N2CCOCC2)CCCC1.O=C1CCCC1. The van der Waals surface area contributed by atoms with Gasteiger partial charge in [-0.05, 0) is 38.5 Å². The number of hydrogen-bond donors (Lipinski definition) is 2. The van der Waals surface area contributed by atoms with Gasteiger partial charge in [-0.2, -0.15) is 5.26 Å². The Balaban J connectivity index is 0.000000149. The van der Waals surface area contributed by atoms with E-state index in [1.54, 1.807) is 0 Å². The average Bonchev–Trinajstić information content (AvgIpc) is 3.79. The van der Waals surface area contributed by atoms with Crippen molar-refractivity contribution in [2.75, 3.05) is 85.5 Å². The highest BCUT2D eigenvalue weighted by molar-refractivity contribution is 5.80. The maximum Gasteiger partial charge on any atom is 0.132 e. The van der Waals surface area contributed by atoms with Crippen LogP contribution in [0.2, 0.25) is 0 Å². The summed E-state index contributed by atoms with van der Waals surface area (Å²) in [5.41, 5.74) is 6.12. The molecule has 0 unspecified atom stereocenters. The summed E-state index contributed by atoms with van der Waals surface area (Å²) in [5, 5.41) is 12.4. The van der Waals surface area contributed by atoms with Gasteiger partial charge in [-0.1, -0.05) is 25.7 Å². The highest BCUT2D eigenvalue weighted by Gasteiger charge is 2.40. The molecule has 3 saturated carbocycles. The van der Waals surface area contributed by atoms with Gasteiger partial charge < -0.3 is 25.3 Å². The highest BCUT2D eigenvalue weighted by atomic mass is 16.5. The van der Waals surface area contributed by atoms with Gasteiger partial charge >= 0.3 is 0 Å². The maximum absolute atomic E-state index is 10.2. The van der Waals surface area contributed by atoms with E-state index in [2.05, 4.69) is 21.2 Å². The van der Waals surface area contributed by atoms with Gasteiger partial charge in [0.05, 0.1) is 45.7 Å². The summed E-state index contributed by atoms with van der Waals surface area (Å²) in [4.78, 5) is 15.1. The molecular weight excluding hydrogens is 482 g/mol. The van der Waals surface area contributed by atoms with Gasteiger partial charge in [0.15, 0.2) is 0 Å². The van der Waals surface area contributed by atoms with E-state index in [1.165, 1.54) is 38.5 Å². The molecule has 3 aliphatic carbocycles. The summed E-state index contributed by atoms with van der Waals surface area (Å²) in [5.74, 6) is 0.454. The Morgan fingerprint density at radius 1 is 0.737 bits per heavy atom. The number of Topliss-reactive ketones (excluding diaryl/α,β-unsaturated/α-hetero) is 1. The summed E-state index contributed by atoms with van der Waals surface area (Å²) in [7, 11) is 0. The third-order valence-electron chi connectivity index (χ3n) is 8.86. The number of carbonyl (C=O) groups is 1. The van der Waals surface area contributed by atoms with E-state index in [0.717, 1.165) is 124 Å². The van der Waals surface area contributed by atoms with Crippen LogP contribution in [-0.2, 0) is 19.0 Å². The zero-order valence-corrected chi connectivity index (χ0v) is 23.7. The normalized spacial score (nSPS) is 27.1. The van der Waals surface area contributed by atoms with Crippen molar-refractivity contribution in [3.8, 4) is 6.07 Å². The summed E-state index contributed by atoms with van der Waals surface area (Å²) in [6.45, 7) is 12.1. The van der Waals surface area contributed by atoms with Crippen molar-refractivity contribution >= 4 is 5.78 Å². The van der Waals surface area contributed by atoms with Gasteiger partial charge in [-0.15, -0.1) is 0 Å². The lowest BCUT2D eigenvalue weighted by Gasteiger charge is -2.42. The second-order valence-corrected chi connectivity index (χ2v) is 11.3. The Bertz CT molecular complexity index is 668. The van der Waals surface area contributed by atoms with Gasteiger partial charge in [0.2, 0.25) is 0 Å². The summed E-state index contributed by atoms with van der Waals surface area (Å²) in [6.07, 6.45) is 13.8. The van der Waals surface area contributed by atoms with Crippen LogP contribution in [0, 0.1) is 11.3 Å². The first kappa shape index (κ1) is 31.4. The lowest BCUT2D eigenvalue weighted by molar-refractivity contribution is -0.117. The largest absolute Gasteiger partial charge is 0.379 e.